The van der Waals surface area contributed by atoms with E-state index in [1.54, 1.807) is 0 Å². The number of aliphatic hydroxyl groups is 1. The lowest BCUT2D eigenvalue weighted by atomic mass is 9.92. The standard InChI is InChI=1S/C13H27N3O/c1-15(12-2-4-13(17)5-3-12)10-11-16-8-6-14-7-9-16/h12-14,17H,2-11H2,1H3. The van der Waals surface area contributed by atoms with Gasteiger partial charge in [-0.3, -0.25) is 4.90 Å². The highest BCUT2D eigenvalue weighted by Crippen LogP contribution is 2.21. The molecule has 0 radical (unpaired) electrons. The van der Waals surface area contributed by atoms with E-state index in [4.69, 9.17) is 0 Å². The van der Waals surface area contributed by atoms with Crippen LogP contribution in [0.4, 0.5) is 0 Å². The van der Waals surface area contributed by atoms with Crippen LogP contribution in [0.3, 0.4) is 0 Å². The minimum absolute atomic E-state index is 0.0344. The van der Waals surface area contributed by atoms with Crippen LogP contribution >= 0.6 is 0 Å². The largest absolute Gasteiger partial charge is 0.393 e. The molecule has 0 amide bonds. The minimum Gasteiger partial charge on any atom is -0.393 e. The molecule has 2 N–H and O–H groups in total. The number of hydrogen-bond donors (Lipinski definition) is 2. The van der Waals surface area contributed by atoms with Gasteiger partial charge in [0, 0.05) is 45.3 Å². The zero-order valence-corrected chi connectivity index (χ0v) is 11.1. The molecule has 0 spiro atoms. The summed E-state index contributed by atoms with van der Waals surface area (Å²) in [7, 11) is 2.24. The van der Waals surface area contributed by atoms with Crippen molar-refractivity contribution in [1.29, 1.82) is 0 Å². The van der Waals surface area contributed by atoms with Gasteiger partial charge < -0.3 is 15.3 Å². The lowest BCUT2D eigenvalue weighted by Crippen LogP contribution is -2.47. The predicted molar refractivity (Wildman–Crippen MR) is 70.2 cm³/mol. The molecule has 17 heavy (non-hydrogen) atoms. The number of hydrogen-bond acceptors (Lipinski definition) is 4. The molecule has 0 aromatic rings. The fourth-order valence-electron chi connectivity index (χ4n) is 2.92. The summed E-state index contributed by atoms with van der Waals surface area (Å²) in [6.07, 6.45) is 4.27. The average molecular weight is 241 g/mol. The van der Waals surface area contributed by atoms with Gasteiger partial charge in [0.05, 0.1) is 6.10 Å². The number of likely N-dealkylation sites (N-methyl/N-ethyl adjacent to an activating group) is 1. The molecule has 0 atom stereocenters. The van der Waals surface area contributed by atoms with Crippen LogP contribution in [0, 0.1) is 0 Å². The zero-order valence-electron chi connectivity index (χ0n) is 11.1. The van der Waals surface area contributed by atoms with E-state index in [-0.39, 0.29) is 6.10 Å². The fourth-order valence-corrected chi connectivity index (χ4v) is 2.92. The number of rotatable bonds is 4. The van der Waals surface area contributed by atoms with Gasteiger partial charge in [-0.15, -0.1) is 0 Å². The van der Waals surface area contributed by atoms with Gasteiger partial charge in [-0.05, 0) is 32.7 Å². The Morgan fingerprint density at radius 1 is 1.18 bits per heavy atom. The highest BCUT2D eigenvalue weighted by atomic mass is 16.3. The Balaban J connectivity index is 1.64. The van der Waals surface area contributed by atoms with Crippen molar-refractivity contribution in [3.05, 3.63) is 0 Å². The predicted octanol–water partition coefficient (Wildman–Crippen LogP) is 0.127. The molecule has 100 valence electrons. The molecule has 2 rings (SSSR count). The molecular weight excluding hydrogens is 214 g/mol. The summed E-state index contributed by atoms with van der Waals surface area (Å²) in [5, 5.41) is 12.9. The van der Waals surface area contributed by atoms with Gasteiger partial charge in [0.25, 0.3) is 0 Å². The maximum atomic E-state index is 9.51. The monoisotopic (exact) mass is 241 g/mol. The smallest absolute Gasteiger partial charge is 0.0541 e. The molecule has 1 saturated heterocycles. The Labute approximate surface area is 105 Å². The topological polar surface area (TPSA) is 38.7 Å². The second-order valence-electron chi connectivity index (χ2n) is 5.53. The molecule has 1 heterocycles. The first kappa shape index (κ1) is 13.3. The molecular formula is C13H27N3O. The van der Waals surface area contributed by atoms with E-state index in [0.29, 0.717) is 6.04 Å². The second-order valence-corrected chi connectivity index (χ2v) is 5.53. The van der Waals surface area contributed by atoms with Gasteiger partial charge in [0.15, 0.2) is 0 Å². The van der Waals surface area contributed by atoms with Crippen molar-refractivity contribution in [3.63, 3.8) is 0 Å². The Morgan fingerprint density at radius 3 is 2.47 bits per heavy atom. The van der Waals surface area contributed by atoms with E-state index in [0.717, 1.165) is 25.9 Å². The summed E-state index contributed by atoms with van der Waals surface area (Å²) in [5.74, 6) is 0. The first-order chi connectivity index (χ1) is 8.25. The summed E-state index contributed by atoms with van der Waals surface area (Å²) in [6.45, 7) is 7.02. The van der Waals surface area contributed by atoms with Crippen molar-refractivity contribution in [2.24, 2.45) is 0 Å². The van der Waals surface area contributed by atoms with Gasteiger partial charge >= 0.3 is 0 Å². The van der Waals surface area contributed by atoms with Crippen LogP contribution in [0.1, 0.15) is 25.7 Å². The lowest BCUT2D eigenvalue weighted by molar-refractivity contribution is 0.0788. The molecule has 0 bridgehead atoms. The lowest BCUT2D eigenvalue weighted by Gasteiger charge is -2.35. The number of nitrogens with zero attached hydrogens (tertiary/aromatic N) is 2. The maximum absolute atomic E-state index is 9.51. The molecule has 2 aliphatic rings. The molecule has 0 unspecified atom stereocenters. The van der Waals surface area contributed by atoms with E-state index in [2.05, 4.69) is 22.2 Å². The molecule has 0 aromatic carbocycles. The van der Waals surface area contributed by atoms with Gasteiger partial charge in [0.2, 0.25) is 0 Å². The van der Waals surface area contributed by atoms with Crippen molar-refractivity contribution < 1.29 is 5.11 Å². The molecule has 2 fully saturated rings. The molecule has 0 aromatic heterocycles. The Morgan fingerprint density at radius 2 is 1.82 bits per heavy atom. The molecule has 4 nitrogen and oxygen atoms in total. The third-order valence-electron chi connectivity index (χ3n) is 4.27. The molecule has 1 saturated carbocycles. The summed E-state index contributed by atoms with van der Waals surface area (Å²) in [4.78, 5) is 5.04. The molecule has 1 aliphatic heterocycles. The van der Waals surface area contributed by atoms with E-state index < -0.39 is 0 Å². The quantitative estimate of drug-likeness (QED) is 0.734. The average Bonchev–Trinajstić information content (AvgIpc) is 2.38. The van der Waals surface area contributed by atoms with Gasteiger partial charge in [-0.2, -0.15) is 0 Å². The minimum atomic E-state index is -0.0344. The van der Waals surface area contributed by atoms with Crippen molar-refractivity contribution in [1.82, 2.24) is 15.1 Å². The van der Waals surface area contributed by atoms with E-state index in [1.807, 2.05) is 0 Å². The normalized spacial score (nSPS) is 31.9. The van der Waals surface area contributed by atoms with Crippen LogP contribution < -0.4 is 5.32 Å². The first-order valence-electron chi connectivity index (χ1n) is 7.07. The van der Waals surface area contributed by atoms with Crippen molar-refractivity contribution in [2.45, 2.75) is 37.8 Å². The van der Waals surface area contributed by atoms with Crippen LogP contribution in [-0.4, -0.2) is 73.4 Å². The van der Waals surface area contributed by atoms with Crippen LogP contribution in [0.15, 0.2) is 0 Å². The maximum Gasteiger partial charge on any atom is 0.0541 e. The zero-order chi connectivity index (χ0) is 12.1. The van der Waals surface area contributed by atoms with Gasteiger partial charge in [-0.1, -0.05) is 0 Å². The second kappa shape index (κ2) is 6.69. The van der Waals surface area contributed by atoms with E-state index >= 15 is 0 Å². The SMILES string of the molecule is CN(CCN1CCNCC1)C1CCC(O)CC1. The third kappa shape index (κ3) is 4.21. The molecule has 4 heteroatoms. The summed E-state index contributed by atoms with van der Waals surface area (Å²) < 4.78 is 0. The third-order valence-corrected chi connectivity index (χ3v) is 4.27. The van der Waals surface area contributed by atoms with Gasteiger partial charge in [-0.25, -0.2) is 0 Å². The highest BCUT2D eigenvalue weighted by molar-refractivity contribution is 4.78. The van der Waals surface area contributed by atoms with Gasteiger partial charge in [0.1, 0.15) is 0 Å². The van der Waals surface area contributed by atoms with Crippen LogP contribution in [-0.2, 0) is 0 Å². The summed E-state index contributed by atoms with van der Waals surface area (Å²) in [6, 6.07) is 0.696. The van der Waals surface area contributed by atoms with Crippen LogP contribution in [0.5, 0.6) is 0 Å². The highest BCUT2D eigenvalue weighted by Gasteiger charge is 2.22. The summed E-state index contributed by atoms with van der Waals surface area (Å²) >= 11 is 0. The summed E-state index contributed by atoms with van der Waals surface area (Å²) in [5.41, 5.74) is 0. The van der Waals surface area contributed by atoms with E-state index in [1.165, 1.54) is 39.0 Å². The fraction of sp³-hybridized carbons (Fsp3) is 1.00. The Kier molecular flexibility index (Phi) is 5.22. The van der Waals surface area contributed by atoms with Crippen molar-refractivity contribution in [2.75, 3.05) is 46.3 Å². The number of nitrogens with one attached hydrogen (secondary N) is 1. The molecule has 1 aliphatic carbocycles. The number of aliphatic hydroxyl groups excluding tert-OH is 1. The Bertz CT molecular complexity index is 211. The van der Waals surface area contributed by atoms with E-state index in [9.17, 15) is 5.11 Å². The first-order valence-corrected chi connectivity index (χ1v) is 7.07. The van der Waals surface area contributed by atoms with Crippen LogP contribution in [0.2, 0.25) is 0 Å². The van der Waals surface area contributed by atoms with Crippen molar-refractivity contribution in [3.8, 4) is 0 Å². The van der Waals surface area contributed by atoms with Crippen LogP contribution in [0.25, 0.3) is 0 Å². The Hall–Kier alpha value is -0.160. The number of piperazine rings is 1. The van der Waals surface area contributed by atoms with Crippen molar-refractivity contribution >= 4 is 0 Å².